The van der Waals surface area contributed by atoms with Crippen LogP contribution in [0.25, 0.3) is 0 Å². The molecule has 0 aromatic heterocycles. The quantitative estimate of drug-likeness (QED) is 0.740. The smallest absolute Gasteiger partial charge is 0.213 e. The first kappa shape index (κ1) is 11.4. The Morgan fingerprint density at radius 3 is 2.60 bits per heavy atom. The summed E-state index contributed by atoms with van der Waals surface area (Å²) in [5, 5.41) is 3.18. The zero-order chi connectivity index (χ0) is 11.1. The van der Waals surface area contributed by atoms with E-state index in [2.05, 4.69) is 10.0 Å². The highest BCUT2D eigenvalue weighted by Crippen LogP contribution is 2.32. The highest BCUT2D eigenvalue weighted by Gasteiger charge is 2.39. The van der Waals surface area contributed by atoms with Crippen molar-refractivity contribution < 1.29 is 8.42 Å². The molecule has 2 aliphatic heterocycles. The van der Waals surface area contributed by atoms with Crippen LogP contribution in [-0.4, -0.2) is 32.3 Å². The van der Waals surface area contributed by atoms with Gasteiger partial charge in [-0.25, -0.2) is 13.1 Å². The molecule has 0 aromatic rings. The van der Waals surface area contributed by atoms with Crippen molar-refractivity contribution in [1.29, 1.82) is 0 Å². The summed E-state index contributed by atoms with van der Waals surface area (Å²) in [6.45, 7) is 4.03. The molecule has 2 rings (SSSR count). The maximum atomic E-state index is 11.6. The summed E-state index contributed by atoms with van der Waals surface area (Å²) >= 11 is 0. The Balaban J connectivity index is 1.84. The lowest BCUT2D eigenvalue weighted by Gasteiger charge is -2.21. The molecular weight excluding hydrogens is 212 g/mol. The van der Waals surface area contributed by atoms with E-state index in [1.807, 2.05) is 0 Å². The van der Waals surface area contributed by atoms with Gasteiger partial charge in [-0.15, -0.1) is 0 Å². The van der Waals surface area contributed by atoms with Crippen molar-refractivity contribution in [2.45, 2.75) is 50.4 Å². The van der Waals surface area contributed by atoms with E-state index in [-0.39, 0.29) is 5.25 Å². The zero-order valence-electron chi connectivity index (χ0n) is 9.36. The van der Waals surface area contributed by atoms with Gasteiger partial charge in [0.25, 0.3) is 0 Å². The predicted octanol–water partition coefficient (Wildman–Crippen LogP) is 0.455. The molecule has 0 aromatic carbocycles. The van der Waals surface area contributed by atoms with Crippen molar-refractivity contribution in [3.05, 3.63) is 0 Å². The van der Waals surface area contributed by atoms with E-state index in [9.17, 15) is 8.42 Å². The molecule has 3 atom stereocenters. The van der Waals surface area contributed by atoms with Gasteiger partial charge in [0, 0.05) is 18.6 Å². The summed E-state index contributed by atoms with van der Waals surface area (Å²) in [4.78, 5) is 0. The molecule has 2 N–H and O–H groups in total. The van der Waals surface area contributed by atoms with Crippen LogP contribution in [0, 0.1) is 5.92 Å². The number of fused-ring (bicyclic) bond motifs is 2. The molecule has 2 aliphatic rings. The van der Waals surface area contributed by atoms with Crippen LogP contribution >= 0.6 is 0 Å². The fourth-order valence-corrected chi connectivity index (χ4v) is 3.33. The number of hydrogen-bond donors (Lipinski definition) is 2. The summed E-state index contributed by atoms with van der Waals surface area (Å²) in [7, 11) is -3.08. The highest BCUT2D eigenvalue weighted by atomic mass is 32.2. The van der Waals surface area contributed by atoms with Crippen LogP contribution in [0.15, 0.2) is 0 Å². The zero-order valence-corrected chi connectivity index (χ0v) is 10.2. The minimum atomic E-state index is -3.08. The largest absolute Gasteiger partial charge is 0.311 e. The van der Waals surface area contributed by atoms with Gasteiger partial charge < -0.3 is 5.32 Å². The first-order valence-corrected chi connectivity index (χ1v) is 7.28. The Morgan fingerprint density at radius 1 is 1.40 bits per heavy atom. The molecule has 2 heterocycles. The topological polar surface area (TPSA) is 58.2 Å². The van der Waals surface area contributed by atoms with Gasteiger partial charge in [0.05, 0.1) is 5.25 Å². The number of hydrogen-bond acceptors (Lipinski definition) is 3. The Bertz CT molecular complexity index is 326. The van der Waals surface area contributed by atoms with Crippen LogP contribution in [0.4, 0.5) is 0 Å². The Kier molecular flexibility index (Phi) is 3.05. The molecular formula is C10H20N2O2S. The molecule has 0 radical (unpaired) electrons. The molecule has 2 saturated heterocycles. The molecule has 88 valence electrons. The lowest BCUT2D eigenvalue weighted by molar-refractivity contribution is 0.402. The van der Waals surface area contributed by atoms with Crippen LogP contribution in [0.2, 0.25) is 0 Å². The summed E-state index contributed by atoms with van der Waals surface area (Å²) in [5.74, 6) is 0.497. The van der Waals surface area contributed by atoms with Gasteiger partial charge in [0.1, 0.15) is 0 Å². The summed E-state index contributed by atoms with van der Waals surface area (Å²) < 4.78 is 25.8. The SMILES string of the molecule is CC(C)S(=O)(=O)NCC1CC2CCC1N2. The fourth-order valence-electron chi connectivity index (χ4n) is 2.55. The second-order valence-corrected chi connectivity index (χ2v) is 7.31. The van der Waals surface area contributed by atoms with Gasteiger partial charge >= 0.3 is 0 Å². The first-order chi connectivity index (χ1) is 6.99. The normalized spacial score (nSPS) is 35.3. The standard InChI is InChI=1S/C10H20N2O2S/c1-7(2)15(13,14)11-6-8-5-9-3-4-10(8)12-9/h7-12H,3-6H2,1-2H3. The van der Waals surface area contributed by atoms with Gasteiger partial charge in [-0.3, -0.25) is 0 Å². The third-order valence-electron chi connectivity index (χ3n) is 3.60. The highest BCUT2D eigenvalue weighted by molar-refractivity contribution is 7.90. The fraction of sp³-hybridized carbons (Fsp3) is 1.00. The van der Waals surface area contributed by atoms with Crippen molar-refractivity contribution in [3.63, 3.8) is 0 Å². The molecule has 5 heteroatoms. The molecule has 3 unspecified atom stereocenters. The average Bonchev–Trinajstić information content (AvgIpc) is 2.75. The van der Waals surface area contributed by atoms with Crippen LogP contribution < -0.4 is 10.0 Å². The third-order valence-corrected chi connectivity index (χ3v) is 5.41. The van der Waals surface area contributed by atoms with Crippen molar-refractivity contribution in [1.82, 2.24) is 10.0 Å². The Morgan fingerprint density at radius 2 is 2.13 bits per heavy atom. The summed E-state index contributed by atoms with van der Waals surface area (Å²) in [5.41, 5.74) is 0. The lowest BCUT2D eigenvalue weighted by Crippen LogP contribution is -2.38. The van der Waals surface area contributed by atoms with Gasteiger partial charge in [0.15, 0.2) is 0 Å². The first-order valence-electron chi connectivity index (χ1n) is 5.73. The Hall–Kier alpha value is -0.130. The number of nitrogens with one attached hydrogen (secondary N) is 2. The van der Waals surface area contributed by atoms with E-state index in [1.165, 1.54) is 12.8 Å². The summed E-state index contributed by atoms with van der Waals surface area (Å²) in [6.07, 6.45) is 3.60. The molecule has 0 amide bonds. The maximum absolute atomic E-state index is 11.6. The molecule has 2 bridgehead atoms. The van der Waals surface area contributed by atoms with Crippen LogP contribution in [0.3, 0.4) is 0 Å². The van der Waals surface area contributed by atoms with Gasteiger partial charge in [-0.1, -0.05) is 0 Å². The van der Waals surface area contributed by atoms with Crippen molar-refractivity contribution in [2.24, 2.45) is 5.92 Å². The van der Waals surface area contributed by atoms with Crippen LogP contribution in [0.5, 0.6) is 0 Å². The van der Waals surface area contributed by atoms with Gasteiger partial charge in [0.2, 0.25) is 10.0 Å². The van der Waals surface area contributed by atoms with E-state index in [4.69, 9.17) is 0 Å². The van der Waals surface area contributed by atoms with E-state index < -0.39 is 10.0 Å². The van der Waals surface area contributed by atoms with Crippen molar-refractivity contribution in [3.8, 4) is 0 Å². The van der Waals surface area contributed by atoms with Crippen LogP contribution in [0.1, 0.15) is 33.1 Å². The minimum absolute atomic E-state index is 0.330. The molecule has 4 nitrogen and oxygen atoms in total. The second kappa shape index (κ2) is 4.03. The van der Waals surface area contributed by atoms with Crippen molar-refractivity contribution in [2.75, 3.05) is 6.54 Å². The van der Waals surface area contributed by atoms with E-state index in [0.717, 1.165) is 6.42 Å². The van der Waals surface area contributed by atoms with E-state index in [0.29, 0.717) is 24.5 Å². The third kappa shape index (κ3) is 2.34. The monoisotopic (exact) mass is 232 g/mol. The summed E-state index contributed by atoms with van der Waals surface area (Å²) in [6, 6.07) is 1.19. The predicted molar refractivity (Wildman–Crippen MR) is 60.1 cm³/mol. The van der Waals surface area contributed by atoms with E-state index >= 15 is 0 Å². The Labute approximate surface area is 91.9 Å². The minimum Gasteiger partial charge on any atom is -0.311 e. The van der Waals surface area contributed by atoms with Gasteiger partial charge in [-0.05, 0) is 39.0 Å². The average molecular weight is 232 g/mol. The number of rotatable bonds is 4. The number of sulfonamides is 1. The van der Waals surface area contributed by atoms with E-state index in [1.54, 1.807) is 13.8 Å². The van der Waals surface area contributed by atoms with Crippen molar-refractivity contribution >= 4 is 10.0 Å². The molecule has 0 aliphatic carbocycles. The van der Waals surface area contributed by atoms with Gasteiger partial charge in [-0.2, -0.15) is 0 Å². The molecule has 0 spiro atoms. The molecule has 15 heavy (non-hydrogen) atoms. The second-order valence-electron chi connectivity index (χ2n) is 4.99. The van der Waals surface area contributed by atoms with Crippen LogP contribution in [-0.2, 0) is 10.0 Å². The maximum Gasteiger partial charge on any atom is 0.213 e. The molecule has 0 saturated carbocycles. The lowest BCUT2D eigenvalue weighted by atomic mass is 9.89. The molecule has 2 fully saturated rings.